The molecule has 106 valence electrons. The predicted molar refractivity (Wildman–Crippen MR) is 84.6 cm³/mol. The van der Waals surface area contributed by atoms with Gasteiger partial charge in [-0.3, -0.25) is 9.78 Å². The molecule has 1 aliphatic carbocycles. The topological polar surface area (TPSA) is 56.0 Å². The molecule has 0 amide bonds. The van der Waals surface area contributed by atoms with Gasteiger partial charge in [-0.15, -0.1) is 12.4 Å². The number of para-hydroxylation sites is 1. The number of aryl methyl sites for hydroxylation is 1. The van der Waals surface area contributed by atoms with Crippen LogP contribution in [0.1, 0.15) is 41.9 Å². The van der Waals surface area contributed by atoms with E-state index in [2.05, 4.69) is 13.8 Å². The number of hydrogen-bond donors (Lipinski definition) is 1. The summed E-state index contributed by atoms with van der Waals surface area (Å²) in [6.07, 6.45) is 1.35. The van der Waals surface area contributed by atoms with Crippen LogP contribution in [-0.4, -0.2) is 10.8 Å². The van der Waals surface area contributed by atoms with Gasteiger partial charge in [0, 0.05) is 11.8 Å². The zero-order valence-electron chi connectivity index (χ0n) is 12.0. The molecule has 0 spiro atoms. The van der Waals surface area contributed by atoms with Crippen molar-refractivity contribution in [2.75, 3.05) is 5.73 Å². The molecule has 3 rings (SSSR count). The number of pyridine rings is 1. The second kappa shape index (κ2) is 4.74. The third-order valence-corrected chi connectivity index (χ3v) is 3.90. The van der Waals surface area contributed by atoms with E-state index in [1.165, 1.54) is 0 Å². The molecule has 3 nitrogen and oxygen atoms in total. The minimum atomic E-state index is -0.0279. The van der Waals surface area contributed by atoms with Gasteiger partial charge >= 0.3 is 0 Å². The summed E-state index contributed by atoms with van der Waals surface area (Å²) in [6.45, 7) is 6.23. The van der Waals surface area contributed by atoms with Gasteiger partial charge in [0.25, 0.3) is 0 Å². The Kier molecular flexibility index (Phi) is 3.51. The monoisotopic (exact) mass is 290 g/mol. The van der Waals surface area contributed by atoms with Crippen molar-refractivity contribution in [3.63, 3.8) is 0 Å². The van der Waals surface area contributed by atoms with Crippen molar-refractivity contribution in [2.24, 2.45) is 5.41 Å². The lowest BCUT2D eigenvalue weighted by Gasteiger charge is -2.30. The van der Waals surface area contributed by atoms with E-state index < -0.39 is 0 Å². The number of halogens is 1. The SMILES string of the molecule is Cc1cccc2c(N)c3c(nc12)CC(C)(C)CC3=O.Cl. The van der Waals surface area contributed by atoms with Gasteiger partial charge < -0.3 is 5.73 Å². The fourth-order valence-corrected chi connectivity index (χ4v) is 2.98. The third kappa shape index (κ3) is 2.16. The van der Waals surface area contributed by atoms with E-state index in [9.17, 15) is 4.79 Å². The number of nitrogens with two attached hydrogens (primary N) is 1. The normalized spacial score (nSPS) is 16.6. The van der Waals surface area contributed by atoms with E-state index in [0.717, 1.165) is 28.6 Å². The van der Waals surface area contributed by atoms with Crippen molar-refractivity contribution in [1.29, 1.82) is 0 Å². The standard InChI is InChI=1S/C16H18N2O.ClH/c1-9-5-4-6-10-14(17)13-11(18-15(9)10)7-16(2,3)8-12(13)19;/h4-6H,7-8H2,1-3H3,(H2,17,18);1H. The van der Waals surface area contributed by atoms with Gasteiger partial charge in [-0.05, 0) is 24.3 Å². The highest BCUT2D eigenvalue weighted by molar-refractivity contribution is 6.09. The van der Waals surface area contributed by atoms with E-state index >= 15 is 0 Å². The molecule has 0 aliphatic heterocycles. The van der Waals surface area contributed by atoms with Gasteiger partial charge in [-0.1, -0.05) is 32.0 Å². The van der Waals surface area contributed by atoms with Gasteiger partial charge in [-0.25, -0.2) is 0 Å². The number of ketones is 1. The second-order valence-electron chi connectivity index (χ2n) is 6.26. The van der Waals surface area contributed by atoms with Crippen molar-refractivity contribution in [2.45, 2.75) is 33.6 Å². The molecule has 1 aromatic heterocycles. The van der Waals surface area contributed by atoms with Crippen molar-refractivity contribution < 1.29 is 4.79 Å². The first kappa shape index (κ1) is 14.8. The second-order valence-corrected chi connectivity index (χ2v) is 6.26. The summed E-state index contributed by atoms with van der Waals surface area (Å²) in [7, 11) is 0. The van der Waals surface area contributed by atoms with Crippen LogP contribution in [-0.2, 0) is 6.42 Å². The quantitative estimate of drug-likeness (QED) is 0.805. The van der Waals surface area contributed by atoms with Crippen LogP contribution in [0.5, 0.6) is 0 Å². The van der Waals surface area contributed by atoms with E-state index in [-0.39, 0.29) is 23.6 Å². The van der Waals surface area contributed by atoms with Crippen LogP contribution >= 0.6 is 12.4 Å². The first-order valence-corrected chi connectivity index (χ1v) is 6.60. The molecule has 20 heavy (non-hydrogen) atoms. The molecule has 0 unspecified atom stereocenters. The fraction of sp³-hybridized carbons (Fsp3) is 0.375. The smallest absolute Gasteiger partial charge is 0.167 e. The van der Waals surface area contributed by atoms with Gasteiger partial charge in [0.2, 0.25) is 0 Å². The molecular formula is C16H19ClN2O. The number of Topliss-reactive ketones (excluding diaryl/α,β-unsaturated/α-hetero) is 1. The molecule has 0 saturated carbocycles. The Morgan fingerprint density at radius 3 is 2.65 bits per heavy atom. The maximum absolute atomic E-state index is 12.3. The van der Waals surface area contributed by atoms with Crippen molar-refractivity contribution in [1.82, 2.24) is 4.98 Å². The van der Waals surface area contributed by atoms with Crippen molar-refractivity contribution >= 4 is 34.8 Å². The molecule has 0 radical (unpaired) electrons. The first-order chi connectivity index (χ1) is 8.89. The third-order valence-electron chi connectivity index (χ3n) is 3.90. The summed E-state index contributed by atoms with van der Waals surface area (Å²) in [4.78, 5) is 17.1. The largest absolute Gasteiger partial charge is 0.398 e. The lowest BCUT2D eigenvalue weighted by Crippen LogP contribution is -2.29. The first-order valence-electron chi connectivity index (χ1n) is 6.60. The number of nitrogens with zero attached hydrogens (tertiary/aromatic N) is 1. The summed E-state index contributed by atoms with van der Waals surface area (Å²) >= 11 is 0. The summed E-state index contributed by atoms with van der Waals surface area (Å²) in [5.74, 6) is 0.125. The number of aromatic nitrogens is 1. The minimum Gasteiger partial charge on any atom is -0.398 e. The van der Waals surface area contributed by atoms with Gasteiger partial charge in [0.15, 0.2) is 5.78 Å². The average molecular weight is 291 g/mol. The van der Waals surface area contributed by atoms with Gasteiger partial charge in [0.1, 0.15) is 0 Å². The van der Waals surface area contributed by atoms with Crippen LogP contribution in [0.15, 0.2) is 18.2 Å². The Morgan fingerprint density at radius 1 is 1.25 bits per heavy atom. The number of fused-ring (bicyclic) bond motifs is 2. The average Bonchev–Trinajstić information content (AvgIpc) is 2.28. The van der Waals surface area contributed by atoms with Crippen LogP contribution in [0.3, 0.4) is 0 Å². The van der Waals surface area contributed by atoms with Gasteiger partial charge in [-0.2, -0.15) is 0 Å². The van der Waals surface area contributed by atoms with Gasteiger partial charge in [0.05, 0.1) is 22.5 Å². The summed E-state index contributed by atoms with van der Waals surface area (Å²) < 4.78 is 0. The summed E-state index contributed by atoms with van der Waals surface area (Å²) in [5, 5.41) is 0.895. The number of rotatable bonds is 0. The Hall–Kier alpha value is -1.61. The number of benzene rings is 1. The Balaban J connectivity index is 0.00000147. The summed E-state index contributed by atoms with van der Waals surface area (Å²) in [6, 6.07) is 5.92. The number of anilines is 1. The van der Waals surface area contributed by atoms with Crippen LogP contribution in [0.2, 0.25) is 0 Å². The molecule has 2 N–H and O–H groups in total. The Morgan fingerprint density at radius 2 is 1.95 bits per heavy atom. The molecule has 4 heteroatoms. The van der Waals surface area contributed by atoms with Crippen LogP contribution in [0, 0.1) is 12.3 Å². The number of carbonyl (C=O) groups is 1. The van der Waals surface area contributed by atoms with Crippen LogP contribution in [0.4, 0.5) is 5.69 Å². The van der Waals surface area contributed by atoms with Crippen molar-refractivity contribution in [3.8, 4) is 0 Å². The highest BCUT2D eigenvalue weighted by Gasteiger charge is 2.34. The van der Waals surface area contributed by atoms with E-state index in [0.29, 0.717) is 17.7 Å². The van der Waals surface area contributed by atoms with Crippen LogP contribution < -0.4 is 5.73 Å². The molecular weight excluding hydrogens is 272 g/mol. The molecule has 1 heterocycles. The van der Waals surface area contributed by atoms with E-state index in [1.54, 1.807) is 0 Å². The molecule has 2 aromatic rings. The van der Waals surface area contributed by atoms with Crippen molar-refractivity contribution in [3.05, 3.63) is 35.0 Å². The summed E-state index contributed by atoms with van der Waals surface area (Å²) in [5.41, 5.74) is 10.3. The zero-order chi connectivity index (χ0) is 13.8. The van der Waals surface area contributed by atoms with E-state index in [1.807, 2.05) is 25.1 Å². The minimum absolute atomic E-state index is 0. The number of hydrogen-bond acceptors (Lipinski definition) is 3. The molecule has 1 aromatic carbocycles. The predicted octanol–water partition coefficient (Wildman–Crippen LogP) is 3.70. The molecule has 0 bridgehead atoms. The maximum atomic E-state index is 12.3. The Bertz CT molecular complexity index is 707. The molecule has 0 fully saturated rings. The molecule has 0 atom stereocenters. The lowest BCUT2D eigenvalue weighted by molar-refractivity contribution is 0.0912. The highest BCUT2D eigenvalue weighted by Crippen LogP contribution is 2.38. The molecule has 1 aliphatic rings. The Labute approximate surface area is 125 Å². The number of carbonyl (C=O) groups excluding carboxylic acids is 1. The number of nitrogen functional groups attached to an aromatic ring is 1. The van der Waals surface area contributed by atoms with E-state index in [4.69, 9.17) is 10.7 Å². The lowest BCUT2D eigenvalue weighted by atomic mass is 9.75. The highest BCUT2D eigenvalue weighted by atomic mass is 35.5. The molecule has 0 saturated heterocycles. The fourth-order valence-electron chi connectivity index (χ4n) is 2.98. The zero-order valence-corrected chi connectivity index (χ0v) is 12.8. The maximum Gasteiger partial charge on any atom is 0.167 e. The van der Waals surface area contributed by atoms with Crippen LogP contribution in [0.25, 0.3) is 10.9 Å².